The molecular formula is C9H17N3O2. The monoisotopic (exact) mass is 199 g/mol. The molecule has 0 saturated heterocycles. The van der Waals surface area contributed by atoms with Crippen molar-refractivity contribution in [2.24, 2.45) is 0 Å². The number of aryl methyl sites for hydroxylation is 2. The molecule has 0 aliphatic rings. The molecular weight excluding hydrogens is 182 g/mol. The normalized spacial score (nSPS) is 9.14. The van der Waals surface area contributed by atoms with Crippen LogP contribution in [-0.4, -0.2) is 14.5 Å². The molecule has 14 heavy (non-hydrogen) atoms. The molecule has 1 rings (SSSR count). The van der Waals surface area contributed by atoms with Crippen molar-refractivity contribution in [1.82, 2.24) is 9.55 Å². The molecule has 1 aromatic heterocycles. The number of nitro groups is 1. The number of imidazole rings is 1. The van der Waals surface area contributed by atoms with Crippen molar-refractivity contribution in [1.29, 1.82) is 0 Å². The summed E-state index contributed by atoms with van der Waals surface area (Å²) in [5.74, 6) is 0.629. The lowest BCUT2D eigenvalue weighted by Crippen LogP contribution is -1.96. The summed E-state index contributed by atoms with van der Waals surface area (Å²) in [6.07, 6.45) is 2.42. The fourth-order valence-corrected chi connectivity index (χ4v) is 1.05. The molecule has 5 heteroatoms. The van der Waals surface area contributed by atoms with Gasteiger partial charge in [-0.05, 0) is 16.3 Å². The molecule has 0 aromatic carbocycles. The Morgan fingerprint density at radius 2 is 2.14 bits per heavy atom. The fourth-order valence-electron chi connectivity index (χ4n) is 1.05. The second-order valence-corrected chi connectivity index (χ2v) is 2.60. The lowest BCUT2D eigenvalue weighted by molar-refractivity contribution is -0.389. The van der Waals surface area contributed by atoms with Gasteiger partial charge in [0.15, 0.2) is 0 Å². The molecule has 0 unspecified atom stereocenters. The standard InChI is InChI=1S/C7H11N3O2.C2H6/c1-3-4-9-5-7(10(11)12)8-6(9)2;1-2/h5H,3-4H2,1-2H3;1-2H3. The average Bonchev–Trinajstić information content (AvgIpc) is 2.52. The second kappa shape index (κ2) is 6.12. The summed E-state index contributed by atoms with van der Waals surface area (Å²) >= 11 is 0. The van der Waals surface area contributed by atoms with Crippen LogP contribution in [0.2, 0.25) is 0 Å². The van der Waals surface area contributed by atoms with Crippen LogP contribution in [0, 0.1) is 17.0 Å². The van der Waals surface area contributed by atoms with E-state index in [9.17, 15) is 10.1 Å². The molecule has 1 aromatic rings. The van der Waals surface area contributed by atoms with E-state index in [0.29, 0.717) is 5.82 Å². The van der Waals surface area contributed by atoms with E-state index < -0.39 is 4.92 Å². The van der Waals surface area contributed by atoms with Crippen molar-refractivity contribution in [2.75, 3.05) is 0 Å². The van der Waals surface area contributed by atoms with Crippen LogP contribution in [0.3, 0.4) is 0 Å². The van der Waals surface area contributed by atoms with Crippen molar-refractivity contribution < 1.29 is 4.92 Å². The van der Waals surface area contributed by atoms with Gasteiger partial charge in [-0.1, -0.05) is 20.8 Å². The van der Waals surface area contributed by atoms with E-state index in [0.717, 1.165) is 13.0 Å². The van der Waals surface area contributed by atoms with E-state index in [1.165, 1.54) is 6.20 Å². The third-order valence-corrected chi connectivity index (χ3v) is 1.61. The Bertz CT molecular complexity index is 294. The van der Waals surface area contributed by atoms with Crippen molar-refractivity contribution >= 4 is 5.82 Å². The number of rotatable bonds is 3. The summed E-state index contributed by atoms with van der Waals surface area (Å²) < 4.78 is 1.79. The predicted molar refractivity (Wildman–Crippen MR) is 55.3 cm³/mol. The zero-order valence-corrected chi connectivity index (χ0v) is 9.15. The summed E-state index contributed by atoms with van der Waals surface area (Å²) in [5, 5.41) is 10.3. The maximum atomic E-state index is 10.3. The lowest BCUT2D eigenvalue weighted by Gasteiger charge is -1.95. The van der Waals surface area contributed by atoms with E-state index in [4.69, 9.17) is 0 Å². The van der Waals surface area contributed by atoms with Crippen molar-refractivity contribution in [3.8, 4) is 0 Å². The highest BCUT2D eigenvalue weighted by molar-refractivity contribution is 5.16. The van der Waals surface area contributed by atoms with Crippen molar-refractivity contribution in [3.05, 3.63) is 22.1 Å². The van der Waals surface area contributed by atoms with Gasteiger partial charge in [0.2, 0.25) is 5.82 Å². The highest BCUT2D eigenvalue weighted by Gasteiger charge is 2.13. The van der Waals surface area contributed by atoms with Crippen molar-refractivity contribution in [2.45, 2.75) is 40.7 Å². The Labute approximate surface area is 83.9 Å². The van der Waals surface area contributed by atoms with Gasteiger partial charge >= 0.3 is 5.82 Å². The maximum absolute atomic E-state index is 10.3. The summed E-state index contributed by atoms with van der Waals surface area (Å²) in [7, 11) is 0. The van der Waals surface area contributed by atoms with Gasteiger partial charge in [0.1, 0.15) is 6.20 Å². The Kier molecular flexibility index (Phi) is 5.52. The van der Waals surface area contributed by atoms with Crippen LogP contribution in [0.5, 0.6) is 0 Å². The second-order valence-electron chi connectivity index (χ2n) is 2.60. The van der Waals surface area contributed by atoms with E-state index in [2.05, 4.69) is 4.98 Å². The first kappa shape index (κ1) is 12.6. The van der Waals surface area contributed by atoms with Crippen LogP contribution in [-0.2, 0) is 6.54 Å². The number of aromatic nitrogens is 2. The highest BCUT2D eigenvalue weighted by Crippen LogP contribution is 2.10. The molecule has 0 atom stereocenters. The summed E-state index contributed by atoms with van der Waals surface area (Å²) in [5.41, 5.74) is 0. The van der Waals surface area contributed by atoms with Gasteiger partial charge in [-0.2, -0.15) is 0 Å². The number of hydrogen-bond donors (Lipinski definition) is 0. The van der Waals surface area contributed by atoms with Crippen LogP contribution in [0.4, 0.5) is 5.82 Å². The highest BCUT2D eigenvalue weighted by atomic mass is 16.6. The van der Waals surface area contributed by atoms with Crippen molar-refractivity contribution in [3.63, 3.8) is 0 Å². The van der Waals surface area contributed by atoms with Crippen LogP contribution in [0.15, 0.2) is 6.20 Å². The molecule has 0 saturated carbocycles. The minimum Gasteiger partial charge on any atom is -0.358 e. The van der Waals surface area contributed by atoms with Gasteiger partial charge in [-0.25, -0.2) is 0 Å². The molecule has 0 aliphatic heterocycles. The average molecular weight is 199 g/mol. The number of nitrogens with zero attached hydrogens (tertiary/aromatic N) is 3. The summed E-state index contributed by atoms with van der Waals surface area (Å²) in [4.78, 5) is 13.6. The molecule has 0 radical (unpaired) electrons. The molecule has 0 spiro atoms. The molecule has 0 bridgehead atoms. The first-order valence-corrected chi connectivity index (χ1v) is 4.83. The molecule has 0 amide bonds. The largest absolute Gasteiger partial charge is 0.381 e. The van der Waals surface area contributed by atoms with Crippen LogP contribution in [0.25, 0.3) is 0 Å². The Morgan fingerprint density at radius 1 is 1.57 bits per heavy atom. The van der Waals surface area contributed by atoms with Gasteiger partial charge in [0, 0.05) is 13.5 Å². The van der Waals surface area contributed by atoms with Crippen LogP contribution < -0.4 is 0 Å². The Hall–Kier alpha value is -1.39. The van der Waals surface area contributed by atoms with Gasteiger partial charge in [0.25, 0.3) is 0 Å². The Balaban J connectivity index is 0.000000791. The van der Waals surface area contributed by atoms with Crippen LogP contribution in [0.1, 0.15) is 33.0 Å². The SMILES string of the molecule is CC.CCCn1cc([N+](=O)[O-])nc1C. The lowest BCUT2D eigenvalue weighted by atomic mass is 10.5. The number of hydrogen-bond acceptors (Lipinski definition) is 3. The fraction of sp³-hybridized carbons (Fsp3) is 0.667. The topological polar surface area (TPSA) is 61.0 Å². The van der Waals surface area contributed by atoms with E-state index >= 15 is 0 Å². The predicted octanol–water partition coefficient (Wildman–Crippen LogP) is 2.54. The molecule has 0 N–H and O–H groups in total. The maximum Gasteiger partial charge on any atom is 0.381 e. The van der Waals surface area contributed by atoms with E-state index in [1.807, 2.05) is 20.8 Å². The zero-order chi connectivity index (χ0) is 11.1. The summed E-state index contributed by atoms with van der Waals surface area (Å²) in [6.45, 7) is 8.57. The van der Waals surface area contributed by atoms with Gasteiger partial charge in [0.05, 0.1) is 0 Å². The zero-order valence-electron chi connectivity index (χ0n) is 9.15. The molecule has 1 heterocycles. The first-order valence-electron chi connectivity index (χ1n) is 4.83. The molecule has 5 nitrogen and oxygen atoms in total. The third-order valence-electron chi connectivity index (χ3n) is 1.61. The summed E-state index contributed by atoms with van der Waals surface area (Å²) in [6, 6.07) is 0. The Morgan fingerprint density at radius 3 is 2.50 bits per heavy atom. The first-order chi connectivity index (χ1) is 6.65. The smallest absolute Gasteiger partial charge is 0.358 e. The molecule has 0 fully saturated rings. The van der Waals surface area contributed by atoms with Crippen LogP contribution >= 0.6 is 0 Å². The molecule has 0 aliphatic carbocycles. The van der Waals surface area contributed by atoms with E-state index in [-0.39, 0.29) is 5.82 Å². The van der Waals surface area contributed by atoms with E-state index in [1.54, 1.807) is 11.5 Å². The minimum absolute atomic E-state index is 0.0686. The van der Waals surface area contributed by atoms with Gasteiger partial charge in [-0.3, -0.25) is 0 Å². The quantitative estimate of drug-likeness (QED) is 0.555. The third kappa shape index (κ3) is 3.16. The van der Waals surface area contributed by atoms with Gasteiger partial charge < -0.3 is 14.7 Å². The van der Waals surface area contributed by atoms with Gasteiger partial charge in [-0.15, -0.1) is 0 Å². The minimum atomic E-state index is -0.473. The molecule has 80 valence electrons.